The first-order chi connectivity index (χ1) is 16.4. The molecule has 12 heteroatoms. The minimum atomic E-state index is -2.75. The molecular weight excluding hydrogens is 491 g/mol. The largest absolute Gasteiger partial charge is 0.474 e. The first-order valence-corrected chi connectivity index (χ1v) is 11.8. The Hall–Kier alpha value is -2.76. The SMILES string of the molecule is O=C(NCC(c1scnc1C(F)F)N1CCC(Oc2ccncn2)CC1)c1c(F)cccc1Cl. The number of nitrogens with zero attached hydrogens (tertiary/aromatic N) is 4. The third kappa shape index (κ3) is 5.65. The summed E-state index contributed by atoms with van der Waals surface area (Å²) in [5, 5.41) is 2.64. The van der Waals surface area contributed by atoms with Gasteiger partial charge in [0.1, 0.15) is 23.9 Å². The van der Waals surface area contributed by atoms with E-state index in [-0.39, 0.29) is 28.9 Å². The van der Waals surface area contributed by atoms with Crippen molar-refractivity contribution < 1.29 is 22.7 Å². The highest BCUT2D eigenvalue weighted by atomic mass is 35.5. The summed E-state index contributed by atoms with van der Waals surface area (Å²) in [4.78, 5) is 26.8. The molecule has 1 N–H and O–H groups in total. The Morgan fingerprint density at radius 1 is 1.26 bits per heavy atom. The molecule has 3 aromatic rings. The Labute approximate surface area is 203 Å². The number of hydrogen-bond acceptors (Lipinski definition) is 7. The summed E-state index contributed by atoms with van der Waals surface area (Å²) in [6.07, 6.45) is 1.43. The van der Waals surface area contributed by atoms with Gasteiger partial charge in [0.25, 0.3) is 12.3 Å². The van der Waals surface area contributed by atoms with Crippen LogP contribution in [0.3, 0.4) is 0 Å². The molecule has 0 saturated carbocycles. The number of alkyl halides is 2. The number of ether oxygens (including phenoxy) is 1. The molecule has 0 radical (unpaired) electrons. The molecule has 4 rings (SSSR count). The molecule has 1 atom stereocenters. The van der Waals surface area contributed by atoms with Crippen molar-refractivity contribution in [3.05, 3.63) is 69.3 Å². The zero-order chi connectivity index (χ0) is 24.1. The van der Waals surface area contributed by atoms with E-state index < -0.39 is 24.2 Å². The summed E-state index contributed by atoms with van der Waals surface area (Å²) in [6, 6.07) is 5.06. The average molecular weight is 512 g/mol. The lowest BCUT2D eigenvalue weighted by Crippen LogP contribution is -2.44. The Morgan fingerprint density at radius 3 is 2.74 bits per heavy atom. The predicted molar refractivity (Wildman–Crippen MR) is 121 cm³/mol. The summed E-state index contributed by atoms with van der Waals surface area (Å²) >= 11 is 7.10. The van der Waals surface area contributed by atoms with E-state index in [1.165, 1.54) is 24.0 Å². The quantitative estimate of drug-likeness (QED) is 0.473. The second-order valence-electron chi connectivity index (χ2n) is 7.63. The molecule has 7 nitrogen and oxygen atoms in total. The molecule has 1 aliphatic heterocycles. The maximum absolute atomic E-state index is 14.2. The smallest absolute Gasteiger partial charge is 0.281 e. The van der Waals surface area contributed by atoms with E-state index in [4.69, 9.17) is 16.3 Å². The molecule has 1 aliphatic rings. The van der Waals surface area contributed by atoms with Gasteiger partial charge in [-0.2, -0.15) is 0 Å². The summed E-state index contributed by atoms with van der Waals surface area (Å²) in [7, 11) is 0. The molecule has 0 aliphatic carbocycles. The average Bonchev–Trinajstić information content (AvgIpc) is 3.31. The third-order valence-electron chi connectivity index (χ3n) is 5.54. The Kier molecular flexibility index (Phi) is 7.96. The van der Waals surface area contributed by atoms with E-state index in [0.29, 0.717) is 36.7 Å². The predicted octanol–water partition coefficient (Wildman–Crippen LogP) is 4.68. The topological polar surface area (TPSA) is 80.2 Å². The van der Waals surface area contributed by atoms with Gasteiger partial charge < -0.3 is 10.1 Å². The van der Waals surface area contributed by atoms with Gasteiger partial charge in [-0.3, -0.25) is 9.69 Å². The number of nitrogens with one attached hydrogen (secondary N) is 1. The van der Waals surface area contributed by atoms with Gasteiger partial charge in [-0.05, 0) is 25.0 Å². The van der Waals surface area contributed by atoms with Crippen LogP contribution in [0.15, 0.2) is 42.3 Å². The standard InChI is InChI=1S/C22H21ClF3N5O2S/c23-14-2-1-3-15(24)18(14)22(32)28-10-16(20-19(21(25)26)30-12-34-20)31-8-5-13(6-9-31)33-17-4-7-27-11-29-17/h1-4,7,11-13,16,21H,5-6,8-10H2,(H,28,32). The van der Waals surface area contributed by atoms with Crippen molar-refractivity contribution in [2.45, 2.75) is 31.4 Å². The number of rotatable bonds is 8. The van der Waals surface area contributed by atoms with Crippen LogP contribution in [-0.4, -0.2) is 51.5 Å². The lowest BCUT2D eigenvalue weighted by atomic mass is 10.0. The lowest BCUT2D eigenvalue weighted by Gasteiger charge is -2.37. The van der Waals surface area contributed by atoms with Crippen molar-refractivity contribution >= 4 is 28.8 Å². The van der Waals surface area contributed by atoms with Crippen LogP contribution >= 0.6 is 22.9 Å². The van der Waals surface area contributed by atoms with Gasteiger partial charge in [-0.15, -0.1) is 11.3 Å². The van der Waals surface area contributed by atoms with Gasteiger partial charge in [0.05, 0.1) is 27.0 Å². The molecule has 1 saturated heterocycles. The fraction of sp³-hybridized carbons (Fsp3) is 0.364. The molecule has 3 heterocycles. The summed E-state index contributed by atoms with van der Waals surface area (Å²) < 4.78 is 47.2. The van der Waals surface area contributed by atoms with Gasteiger partial charge in [0.15, 0.2) is 0 Å². The minimum Gasteiger partial charge on any atom is -0.474 e. The van der Waals surface area contributed by atoms with Gasteiger partial charge >= 0.3 is 0 Å². The second-order valence-corrected chi connectivity index (χ2v) is 8.92. The third-order valence-corrected chi connectivity index (χ3v) is 6.80. The fourth-order valence-corrected chi connectivity index (χ4v) is 5.06. The monoisotopic (exact) mass is 511 g/mol. The molecule has 180 valence electrons. The number of likely N-dealkylation sites (tertiary alicyclic amines) is 1. The zero-order valence-corrected chi connectivity index (χ0v) is 19.4. The van der Waals surface area contributed by atoms with Crippen LogP contribution in [0, 0.1) is 5.82 Å². The van der Waals surface area contributed by atoms with Gasteiger partial charge in [-0.25, -0.2) is 28.1 Å². The van der Waals surface area contributed by atoms with Gasteiger partial charge in [0.2, 0.25) is 5.88 Å². The van der Waals surface area contributed by atoms with Crippen molar-refractivity contribution in [2.75, 3.05) is 19.6 Å². The number of amides is 1. The molecular formula is C22H21ClF3N5O2S. The van der Waals surface area contributed by atoms with E-state index in [1.807, 2.05) is 4.90 Å². The van der Waals surface area contributed by atoms with Crippen molar-refractivity contribution in [2.24, 2.45) is 0 Å². The van der Waals surface area contributed by atoms with Gasteiger partial charge in [-0.1, -0.05) is 17.7 Å². The van der Waals surface area contributed by atoms with Crippen LogP contribution in [0.5, 0.6) is 5.88 Å². The normalized spacial score (nSPS) is 15.9. The van der Waals surface area contributed by atoms with E-state index in [1.54, 1.807) is 12.3 Å². The highest BCUT2D eigenvalue weighted by molar-refractivity contribution is 7.09. The van der Waals surface area contributed by atoms with Crippen LogP contribution < -0.4 is 10.1 Å². The molecule has 0 bridgehead atoms. The van der Waals surface area contributed by atoms with E-state index in [9.17, 15) is 18.0 Å². The first kappa shape index (κ1) is 24.4. The number of carbonyl (C=O) groups is 1. The first-order valence-electron chi connectivity index (χ1n) is 10.5. The lowest BCUT2D eigenvalue weighted by molar-refractivity contribution is 0.0680. The summed E-state index contributed by atoms with van der Waals surface area (Å²) in [5.41, 5.74) is 0.774. The number of halogens is 4. The van der Waals surface area contributed by atoms with Crippen LogP contribution in [0.1, 0.15) is 46.2 Å². The number of aromatic nitrogens is 3. The highest BCUT2D eigenvalue weighted by Gasteiger charge is 2.32. The zero-order valence-electron chi connectivity index (χ0n) is 17.8. The van der Waals surface area contributed by atoms with E-state index in [2.05, 4.69) is 20.3 Å². The second kappa shape index (κ2) is 11.1. The molecule has 34 heavy (non-hydrogen) atoms. The summed E-state index contributed by atoms with van der Waals surface area (Å²) in [6.45, 7) is 1.07. The number of hydrogen-bond donors (Lipinski definition) is 1. The number of carbonyl (C=O) groups excluding carboxylic acids is 1. The minimum absolute atomic E-state index is 0.0111. The number of piperidine rings is 1. The molecule has 2 aromatic heterocycles. The molecule has 1 fully saturated rings. The number of thiazole rings is 1. The van der Waals surface area contributed by atoms with Crippen molar-refractivity contribution in [1.82, 2.24) is 25.2 Å². The maximum atomic E-state index is 14.2. The van der Waals surface area contributed by atoms with Crippen molar-refractivity contribution in [3.8, 4) is 5.88 Å². The fourth-order valence-electron chi connectivity index (χ4n) is 3.88. The van der Waals surface area contributed by atoms with Crippen LogP contribution in [-0.2, 0) is 0 Å². The molecule has 0 spiro atoms. The highest BCUT2D eigenvalue weighted by Crippen LogP contribution is 2.34. The Bertz CT molecular complexity index is 1090. The van der Waals surface area contributed by atoms with E-state index >= 15 is 0 Å². The molecule has 1 amide bonds. The molecule has 1 aromatic carbocycles. The molecule has 1 unspecified atom stereocenters. The van der Waals surface area contributed by atoms with Crippen LogP contribution in [0.4, 0.5) is 13.2 Å². The van der Waals surface area contributed by atoms with Crippen molar-refractivity contribution in [1.29, 1.82) is 0 Å². The van der Waals surface area contributed by atoms with E-state index in [0.717, 1.165) is 17.4 Å². The Balaban J connectivity index is 1.48. The van der Waals surface area contributed by atoms with Crippen LogP contribution in [0.25, 0.3) is 0 Å². The van der Waals surface area contributed by atoms with Crippen molar-refractivity contribution in [3.63, 3.8) is 0 Å². The van der Waals surface area contributed by atoms with Crippen LogP contribution in [0.2, 0.25) is 5.02 Å². The maximum Gasteiger partial charge on any atom is 0.281 e. The summed E-state index contributed by atoms with van der Waals surface area (Å²) in [5.74, 6) is -0.991. The van der Waals surface area contributed by atoms with Gasteiger partial charge in [0, 0.05) is 31.9 Å². The Morgan fingerprint density at radius 2 is 2.06 bits per heavy atom. The number of benzene rings is 1.